The van der Waals surface area contributed by atoms with Crippen molar-refractivity contribution in [3.05, 3.63) is 63.0 Å². The highest BCUT2D eigenvalue weighted by Gasteiger charge is 2.44. The van der Waals surface area contributed by atoms with Crippen molar-refractivity contribution in [2.45, 2.75) is 59.2 Å². The Hall–Kier alpha value is -2.75. The van der Waals surface area contributed by atoms with Gasteiger partial charge in [0.25, 0.3) is 5.91 Å². The minimum absolute atomic E-state index is 0.0496. The molecule has 1 aliphatic heterocycles. The molecule has 0 unspecified atom stereocenters. The number of carbonyl (C=O) groups excluding carboxylic acids is 2. The van der Waals surface area contributed by atoms with E-state index in [4.69, 9.17) is 4.74 Å². The van der Waals surface area contributed by atoms with Crippen LogP contribution in [0.2, 0.25) is 0 Å². The molecular formula is C24H26F5NO3S. The van der Waals surface area contributed by atoms with Crippen molar-refractivity contribution in [1.82, 2.24) is 4.90 Å². The summed E-state index contributed by atoms with van der Waals surface area (Å²) in [6.07, 6.45) is -4.10. The summed E-state index contributed by atoms with van der Waals surface area (Å²) in [5.74, 6) is -4.08. The monoisotopic (exact) mass is 503 g/mol. The summed E-state index contributed by atoms with van der Waals surface area (Å²) in [6, 6.07) is 2.55. The molecule has 2 heterocycles. The molecule has 0 N–H and O–H groups in total. The zero-order valence-corrected chi connectivity index (χ0v) is 20.5. The van der Waals surface area contributed by atoms with E-state index in [9.17, 15) is 31.5 Å². The van der Waals surface area contributed by atoms with Crippen LogP contribution in [0.5, 0.6) is 0 Å². The van der Waals surface area contributed by atoms with Gasteiger partial charge in [-0.05, 0) is 37.6 Å². The van der Waals surface area contributed by atoms with Gasteiger partial charge in [0.15, 0.2) is 11.6 Å². The topological polar surface area (TPSA) is 46.6 Å². The maximum absolute atomic E-state index is 13.7. The lowest BCUT2D eigenvalue weighted by molar-refractivity contribution is -0.140. The Morgan fingerprint density at radius 2 is 1.74 bits per heavy atom. The molecular weight excluding hydrogens is 477 g/mol. The zero-order valence-electron chi connectivity index (χ0n) is 19.6. The minimum Gasteiger partial charge on any atom is -0.459 e. The van der Waals surface area contributed by atoms with Crippen LogP contribution in [-0.2, 0) is 21.1 Å². The van der Waals surface area contributed by atoms with Crippen molar-refractivity contribution in [2.24, 2.45) is 0 Å². The van der Waals surface area contributed by atoms with E-state index in [0.717, 1.165) is 39.9 Å². The largest absolute Gasteiger partial charge is 0.459 e. The lowest BCUT2D eigenvalue weighted by Gasteiger charge is -2.30. The van der Waals surface area contributed by atoms with E-state index in [1.165, 1.54) is 13.8 Å². The Balaban J connectivity index is 0.00000199. The number of hydrogen-bond donors (Lipinski definition) is 0. The molecule has 0 saturated carbocycles. The fourth-order valence-electron chi connectivity index (χ4n) is 3.55. The van der Waals surface area contributed by atoms with Crippen molar-refractivity contribution in [3.63, 3.8) is 0 Å². The first-order chi connectivity index (χ1) is 15.7. The van der Waals surface area contributed by atoms with Crippen molar-refractivity contribution < 1.29 is 36.3 Å². The summed E-state index contributed by atoms with van der Waals surface area (Å²) in [5, 5.41) is 0.940. The first kappa shape index (κ1) is 27.5. The molecule has 0 radical (unpaired) electrons. The van der Waals surface area contributed by atoms with Crippen LogP contribution < -0.4 is 0 Å². The van der Waals surface area contributed by atoms with Crippen molar-refractivity contribution in [2.75, 3.05) is 6.54 Å². The molecule has 10 heteroatoms. The number of hydrogen-bond acceptors (Lipinski definition) is 4. The summed E-state index contributed by atoms with van der Waals surface area (Å²) in [4.78, 5) is 26.9. The fraction of sp³-hybridized carbons (Fsp3) is 0.417. The predicted molar refractivity (Wildman–Crippen MR) is 120 cm³/mol. The Morgan fingerprint density at radius 1 is 1.12 bits per heavy atom. The molecule has 2 aromatic rings. The third-order valence-corrected chi connectivity index (χ3v) is 5.87. The number of esters is 1. The lowest BCUT2D eigenvalue weighted by Crippen LogP contribution is -2.37. The average Bonchev–Trinajstić information content (AvgIpc) is 3.15. The van der Waals surface area contributed by atoms with Crippen LogP contribution in [0.1, 0.15) is 67.9 Å². The molecule has 0 aliphatic carbocycles. The second-order valence-corrected chi connectivity index (χ2v) is 9.17. The number of nitrogens with zero attached hydrogens (tertiary/aromatic N) is 1. The number of ether oxygens (including phenoxy) is 1. The molecule has 0 spiro atoms. The number of benzene rings is 1. The minimum atomic E-state index is -4.67. The Bertz CT molecular complexity index is 1100. The van der Waals surface area contributed by atoms with Crippen LogP contribution in [0.25, 0.3) is 5.57 Å². The van der Waals surface area contributed by atoms with E-state index in [2.05, 4.69) is 0 Å². The SMILES string of the molecule is CC.CC(C)OC(=O)C1=CN(C(=O)c2ccc(F)c(F)c2)CC(C)(C)c2c(C(F)(F)F)csc21. The van der Waals surface area contributed by atoms with Gasteiger partial charge in [-0.25, -0.2) is 13.6 Å². The summed E-state index contributed by atoms with van der Waals surface area (Å²) >= 11 is 0.735. The number of rotatable bonds is 3. The average molecular weight is 504 g/mol. The Morgan fingerprint density at radius 3 is 2.26 bits per heavy atom. The highest BCUT2D eigenvalue weighted by Crippen LogP contribution is 2.47. The second kappa shape index (κ2) is 10.2. The zero-order chi connectivity index (χ0) is 26.0. The number of amides is 1. The van der Waals surface area contributed by atoms with Gasteiger partial charge in [0, 0.05) is 34.0 Å². The molecule has 1 aromatic heterocycles. The number of thiophene rings is 1. The first-order valence-corrected chi connectivity index (χ1v) is 11.5. The van der Waals surface area contributed by atoms with Gasteiger partial charge in [0.2, 0.25) is 0 Å². The van der Waals surface area contributed by atoms with Gasteiger partial charge in [-0.2, -0.15) is 13.2 Å². The molecule has 1 amide bonds. The fourth-order valence-corrected chi connectivity index (χ4v) is 4.80. The van der Waals surface area contributed by atoms with Gasteiger partial charge in [0.1, 0.15) is 0 Å². The van der Waals surface area contributed by atoms with Crippen LogP contribution in [0.15, 0.2) is 29.8 Å². The molecule has 1 aromatic carbocycles. The predicted octanol–water partition coefficient (Wildman–Crippen LogP) is 6.80. The summed E-state index contributed by atoms with van der Waals surface area (Å²) in [7, 11) is 0. The van der Waals surface area contributed by atoms with E-state index in [1.807, 2.05) is 13.8 Å². The smallest absolute Gasteiger partial charge is 0.417 e. The standard InChI is InChI=1S/C22H20F5NO3S.C2H6/c1-11(2)31-20(30)13-8-28(19(29)12-5-6-15(23)16(24)7-12)10-21(3,4)17-14(22(25,26)27)9-32-18(13)17;1-2/h5-9,11H,10H2,1-4H3;1-2H3. The van der Waals surface area contributed by atoms with Crippen molar-refractivity contribution in [1.29, 1.82) is 0 Å². The molecule has 0 saturated heterocycles. The summed E-state index contributed by atoms with van der Waals surface area (Å²) in [6.45, 7) is 9.96. The highest BCUT2D eigenvalue weighted by molar-refractivity contribution is 7.12. The van der Waals surface area contributed by atoms with Gasteiger partial charge in [-0.3, -0.25) is 4.79 Å². The third-order valence-electron chi connectivity index (χ3n) is 4.86. The van der Waals surface area contributed by atoms with Gasteiger partial charge in [-0.1, -0.05) is 27.7 Å². The number of carbonyl (C=O) groups is 2. The quantitative estimate of drug-likeness (QED) is 0.342. The maximum atomic E-state index is 13.7. The van der Waals surface area contributed by atoms with Gasteiger partial charge >= 0.3 is 12.1 Å². The van der Waals surface area contributed by atoms with Gasteiger partial charge < -0.3 is 9.64 Å². The number of alkyl halides is 3. The molecule has 3 rings (SSSR count). The third kappa shape index (κ3) is 5.65. The van der Waals surface area contributed by atoms with Gasteiger partial charge in [-0.15, -0.1) is 11.3 Å². The van der Waals surface area contributed by atoms with E-state index in [1.54, 1.807) is 13.8 Å². The molecule has 34 heavy (non-hydrogen) atoms. The molecule has 0 bridgehead atoms. The lowest BCUT2D eigenvalue weighted by atomic mass is 9.81. The summed E-state index contributed by atoms with van der Waals surface area (Å²) < 4.78 is 73.4. The molecule has 0 atom stereocenters. The number of halogens is 5. The molecule has 0 fully saturated rings. The van der Waals surface area contributed by atoms with Gasteiger partial charge in [0.05, 0.1) is 17.2 Å². The maximum Gasteiger partial charge on any atom is 0.417 e. The van der Waals surface area contributed by atoms with Crippen LogP contribution in [0.4, 0.5) is 22.0 Å². The van der Waals surface area contributed by atoms with E-state index in [-0.39, 0.29) is 28.1 Å². The first-order valence-electron chi connectivity index (χ1n) is 10.6. The van der Waals surface area contributed by atoms with Crippen molar-refractivity contribution in [3.8, 4) is 0 Å². The Kier molecular flexibility index (Phi) is 8.29. The number of fused-ring (bicyclic) bond motifs is 1. The van der Waals surface area contributed by atoms with E-state index >= 15 is 0 Å². The summed E-state index contributed by atoms with van der Waals surface area (Å²) in [5.41, 5.74) is -2.68. The molecule has 186 valence electrons. The second-order valence-electron chi connectivity index (χ2n) is 8.29. The van der Waals surface area contributed by atoms with Crippen LogP contribution in [0, 0.1) is 11.6 Å². The van der Waals surface area contributed by atoms with Crippen molar-refractivity contribution >= 4 is 28.8 Å². The van der Waals surface area contributed by atoms with E-state index in [0.29, 0.717) is 6.07 Å². The molecule has 4 nitrogen and oxygen atoms in total. The van der Waals surface area contributed by atoms with Crippen LogP contribution in [-0.4, -0.2) is 29.4 Å². The normalized spacial score (nSPS) is 15.1. The van der Waals surface area contributed by atoms with Crippen LogP contribution in [0.3, 0.4) is 0 Å². The highest BCUT2D eigenvalue weighted by atomic mass is 32.1. The molecule has 1 aliphatic rings. The Labute approximate surface area is 199 Å². The van der Waals surface area contributed by atoms with E-state index < -0.39 is 46.8 Å². The van der Waals surface area contributed by atoms with Crippen LogP contribution >= 0.6 is 11.3 Å².